The normalized spacial score (nSPS) is 12.6. The van der Waals surface area contributed by atoms with Gasteiger partial charge in [0.25, 0.3) is 0 Å². The van der Waals surface area contributed by atoms with Gasteiger partial charge in [-0.2, -0.15) is 0 Å². The fourth-order valence-corrected chi connectivity index (χ4v) is 2.59. The molecule has 0 amide bonds. The topological polar surface area (TPSA) is 38.5 Å². The zero-order chi connectivity index (χ0) is 15.5. The summed E-state index contributed by atoms with van der Waals surface area (Å²) in [6, 6.07) is 8.75. The fourth-order valence-electron chi connectivity index (χ4n) is 2.59. The molecule has 0 spiro atoms. The summed E-state index contributed by atoms with van der Waals surface area (Å²) in [6.07, 6.45) is 4.92. The van der Waals surface area contributed by atoms with Crippen molar-refractivity contribution in [3.63, 3.8) is 0 Å². The molecule has 1 atom stereocenters. The summed E-state index contributed by atoms with van der Waals surface area (Å²) < 4.78 is 5.52. The third-order valence-corrected chi connectivity index (χ3v) is 3.84. The number of rotatable bonds is 11. The lowest BCUT2D eigenvalue weighted by molar-refractivity contribution is 0.195. The number of hydrogen-bond acceptors (Lipinski definition) is 3. The summed E-state index contributed by atoms with van der Waals surface area (Å²) in [4.78, 5) is 2.54. The predicted molar refractivity (Wildman–Crippen MR) is 90.8 cm³/mol. The van der Waals surface area contributed by atoms with Gasteiger partial charge in [0.1, 0.15) is 5.75 Å². The van der Waals surface area contributed by atoms with Crippen LogP contribution in [0.25, 0.3) is 0 Å². The average molecular weight is 292 g/mol. The Morgan fingerprint density at radius 1 is 1.00 bits per heavy atom. The highest BCUT2D eigenvalue weighted by atomic mass is 16.5. The minimum Gasteiger partial charge on any atom is -0.494 e. The number of nitrogens with two attached hydrogens (primary N) is 1. The second-order valence-electron chi connectivity index (χ2n) is 5.50. The largest absolute Gasteiger partial charge is 0.494 e. The highest BCUT2D eigenvalue weighted by molar-refractivity contribution is 5.29. The van der Waals surface area contributed by atoms with Crippen molar-refractivity contribution in [1.29, 1.82) is 0 Å². The number of nitrogens with zero attached hydrogens (tertiary/aromatic N) is 1. The van der Waals surface area contributed by atoms with Crippen LogP contribution in [0.4, 0.5) is 0 Å². The third kappa shape index (κ3) is 6.06. The smallest absolute Gasteiger partial charge is 0.119 e. The Morgan fingerprint density at radius 3 is 2.00 bits per heavy atom. The zero-order valence-corrected chi connectivity index (χ0v) is 14.0. The molecule has 1 aromatic rings. The average Bonchev–Trinajstić information content (AvgIpc) is 2.52. The number of unbranched alkanes of at least 4 members (excludes halogenated alkanes) is 2. The van der Waals surface area contributed by atoms with Crippen molar-refractivity contribution in [2.75, 3.05) is 26.2 Å². The van der Waals surface area contributed by atoms with Gasteiger partial charge in [-0.1, -0.05) is 38.8 Å². The summed E-state index contributed by atoms with van der Waals surface area (Å²) in [5.41, 5.74) is 7.37. The van der Waals surface area contributed by atoms with Crippen molar-refractivity contribution in [2.45, 2.75) is 52.5 Å². The van der Waals surface area contributed by atoms with Crippen LogP contribution in [0, 0.1) is 0 Å². The van der Waals surface area contributed by atoms with Crippen LogP contribution in [0.3, 0.4) is 0 Å². The summed E-state index contributed by atoms with van der Waals surface area (Å²) in [6.45, 7) is 10.1. The van der Waals surface area contributed by atoms with Crippen molar-refractivity contribution in [1.82, 2.24) is 4.90 Å². The molecular weight excluding hydrogens is 260 g/mol. The maximum Gasteiger partial charge on any atom is 0.119 e. The first-order chi connectivity index (χ1) is 10.3. The van der Waals surface area contributed by atoms with Crippen LogP contribution >= 0.6 is 0 Å². The van der Waals surface area contributed by atoms with Crippen molar-refractivity contribution in [3.8, 4) is 5.75 Å². The standard InChI is InChI=1S/C18H32N2O/c1-4-7-13-20(14-8-5-2)18(15-19)16-9-11-17(12-10-16)21-6-3/h9-12,18H,4-8,13-15,19H2,1-3H3. The minimum atomic E-state index is 0.318. The lowest BCUT2D eigenvalue weighted by Crippen LogP contribution is -2.35. The van der Waals surface area contributed by atoms with Crippen LogP contribution in [0.15, 0.2) is 24.3 Å². The van der Waals surface area contributed by atoms with Gasteiger partial charge < -0.3 is 10.5 Å². The Balaban J connectivity index is 2.79. The summed E-state index contributed by atoms with van der Waals surface area (Å²) in [7, 11) is 0. The van der Waals surface area contributed by atoms with Gasteiger partial charge in [0.15, 0.2) is 0 Å². The van der Waals surface area contributed by atoms with E-state index in [1.54, 1.807) is 0 Å². The molecule has 0 aliphatic carbocycles. The van der Waals surface area contributed by atoms with Gasteiger partial charge >= 0.3 is 0 Å². The second kappa shape index (κ2) is 10.6. The van der Waals surface area contributed by atoms with E-state index in [2.05, 4.69) is 43.0 Å². The van der Waals surface area contributed by atoms with E-state index in [0.29, 0.717) is 19.2 Å². The molecule has 0 radical (unpaired) electrons. The highest BCUT2D eigenvalue weighted by Crippen LogP contribution is 2.23. The summed E-state index contributed by atoms with van der Waals surface area (Å²) in [5.74, 6) is 0.936. The molecule has 0 fully saturated rings. The minimum absolute atomic E-state index is 0.318. The van der Waals surface area contributed by atoms with Crippen molar-refractivity contribution < 1.29 is 4.74 Å². The Labute approximate surface area is 130 Å². The molecule has 2 N–H and O–H groups in total. The molecule has 120 valence electrons. The molecule has 0 saturated carbocycles. The van der Waals surface area contributed by atoms with Crippen LogP contribution in [0.5, 0.6) is 5.75 Å². The maximum absolute atomic E-state index is 6.07. The molecular formula is C18H32N2O. The van der Waals surface area contributed by atoms with E-state index < -0.39 is 0 Å². The molecule has 0 aliphatic heterocycles. The van der Waals surface area contributed by atoms with E-state index in [4.69, 9.17) is 10.5 Å². The Morgan fingerprint density at radius 2 is 1.57 bits per heavy atom. The lowest BCUT2D eigenvalue weighted by atomic mass is 10.0. The lowest BCUT2D eigenvalue weighted by Gasteiger charge is -2.31. The van der Waals surface area contributed by atoms with Gasteiger partial charge in [0.05, 0.1) is 6.61 Å². The van der Waals surface area contributed by atoms with E-state index in [0.717, 1.165) is 18.8 Å². The number of benzene rings is 1. The molecule has 3 nitrogen and oxygen atoms in total. The molecule has 1 rings (SSSR count). The quantitative estimate of drug-likeness (QED) is 0.670. The van der Waals surface area contributed by atoms with Gasteiger partial charge in [0.2, 0.25) is 0 Å². The molecule has 1 unspecified atom stereocenters. The monoisotopic (exact) mass is 292 g/mol. The summed E-state index contributed by atoms with van der Waals surface area (Å²) >= 11 is 0. The van der Waals surface area contributed by atoms with Gasteiger partial charge in [-0.3, -0.25) is 4.90 Å². The molecule has 0 aromatic heterocycles. The first-order valence-corrected chi connectivity index (χ1v) is 8.43. The van der Waals surface area contributed by atoms with Crippen molar-refractivity contribution in [2.24, 2.45) is 5.73 Å². The third-order valence-electron chi connectivity index (χ3n) is 3.84. The first kappa shape index (κ1) is 18.0. The second-order valence-corrected chi connectivity index (χ2v) is 5.50. The highest BCUT2D eigenvalue weighted by Gasteiger charge is 2.18. The molecule has 0 bridgehead atoms. The Kier molecular flexibility index (Phi) is 9.11. The van der Waals surface area contributed by atoms with Crippen LogP contribution in [0.1, 0.15) is 58.1 Å². The number of hydrogen-bond donors (Lipinski definition) is 1. The molecule has 0 saturated heterocycles. The fraction of sp³-hybridized carbons (Fsp3) is 0.667. The molecule has 0 aliphatic rings. The van der Waals surface area contributed by atoms with Gasteiger partial charge in [-0.25, -0.2) is 0 Å². The number of ether oxygens (including phenoxy) is 1. The molecule has 21 heavy (non-hydrogen) atoms. The summed E-state index contributed by atoms with van der Waals surface area (Å²) in [5, 5.41) is 0. The molecule has 1 aromatic carbocycles. The van der Waals surface area contributed by atoms with Gasteiger partial charge in [-0.15, -0.1) is 0 Å². The van der Waals surface area contributed by atoms with E-state index in [1.807, 2.05) is 6.92 Å². The molecule has 0 heterocycles. The van der Waals surface area contributed by atoms with Crippen LogP contribution in [-0.2, 0) is 0 Å². The van der Waals surface area contributed by atoms with Crippen LogP contribution in [0.2, 0.25) is 0 Å². The van der Waals surface area contributed by atoms with E-state index >= 15 is 0 Å². The van der Waals surface area contributed by atoms with Crippen LogP contribution < -0.4 is 10.5 Å². The SMILES string of the molecule is CCCCN(CCCC)C(CN)c1ccc(OCC)cc1. The van der Waals surface area contributed by atoms with E-state index in [1.165, 1.54) is 31.2 Å². The van der Waals surface area contributed by atoms with E-state index in [9.17, 15) is 0 Å². The van der Waals surface area contributed by atoms with Crippen molar-refractivity contribution >= 4 is 0 Å². The molecule has 3 heteroatoms. The van der Waals surface area contributed by atoms with Gasteiger partial charge in [-0.05, 0) is 50.6 Å². The maximum atomic E-state index is 6.07. The zero-order valence-electron chi connectivity index (χ0n) is 14.0. The predicted octanol–water partition coefficient (Wildman–Crippen LogP) is 3.99. The van der Waals surface area contributed by atoms with Gasteiger partial charge in [0, 0.05) is 12.6 Å². The van der Waals surface area contributed by atoms with Crippen LogP contribution in [-0.4, -0.2) is 31.1 Å². The first-order valence-electron chi connectivity index (χ1n) is 8.43. The Bertz CT molecular complexity index is 356. The van der Waals surface area contributed by atoms with Crippen molar-refractivity contribution in [3.05, 3.63) is 29.8 Å². The van der Waals surface area contributed by atoms with E-state index in [-0.39, 0.29) is 0 Å². The Hall–Kier alpha value is -1.06.